The van der Waals surface area contributed by atoms with Crippen molar-refractivity contribution in [1.82, 2.24) is 0 Å². The van der Waals surface area contributed by atoms with Crippen molar-refractivity contribution in [2.24, 2.45) is 0 Å². The van der Waals surface area contributed by atoms with E-state index in [2.05, 4.69) is 6.92 Å². The lowest BCUT2D eigenvalue weighted by Gasteiger charge is -2.29. The van der Waals surface area contributed by atoms with E-state index in [9.17, 15) is 9.69 Å². The quantitative estimate of drug-likeness (QED) is 0.172. The summed E-state index contributed by atoms with van der Waals surface area (Å²) in [5.41, 5.74) is 0. The summed E-state index contributed by atoms with van der Waals surface area (Å²) in [6, 6.07) is 0. The van der Waals surface area contributed by atoms with Crippen molar-refractivity contribution >= 4 is 14.6 Å². The Balaban J connectivity index is 3.61. The third-order valence-electron chi connectivity index (χ3n) is 4.17. The zero-order chi connectivity index (χ0) is 21.3. The first-order valence-corrected chi connectivity index (χ1v) is 11.8. The fourth-order valence-electron chi connectivity index (χ4n) is 2.81. The number of unbranched alkanes of at least 4 members (excludes halogenated alkanes) is 7. The monoisotopic (exact) mass is 424 g/mol. The number of carbonyl (C=O) groups is 1. The molecule has 0 aliphatic carbocycles. The van der Waals surface area contributed by atoms with Crippen LogP contribution in [0.1, 0.15) is 71.1 Å². The van der Waals surface area contributed by atoms with E-state index in [0.29, 0.717) is 24.2 Å². The van der Waals surface area contributed by atoms with Gasteiger partial charge in [0.05, 0.1) is 34.2 Å². The minimum absolute atomic E-state index is 0.148. The second-order valence-electron chi connectivity index (χ2n) is 8.31. The Morgan fingerprint density at radius 1 is 0.929 bits per heavy atom. The van der Waals surface area contributed by atoms with Crippen molar-refractivity contribution < 1.29 is 33.1 Å². The lowest BCUT2D eigenvalue weighted by Crippen LogP contribution is -2.42. The van der Waals surface area contributed by atoms with Crippen LogP contribution in [0.3, 0.4) is 0 Å². The predicted octanol–water partition coefficient (Wildman–Crippen LogP) is 4.34. The van der Waals surface area contributed by atoms with Gasteiger partial charge in [-0.1, -0.05) is 45.4 Å². The highest BCUT2D eigenvalue weighted by Gasteiger charge is 2.25. The van der Waals surface area contributed by atoms with E-state index in [0.717, 1.165) is 25.9 Å². The molecule has 0 heterocycles. The first-order valence-electron chi connectivity index (χ1n) is 10.6. The third kappa shape index (κ3) is 20.4. The van der Waals surface area contributed by atoms with Crippen LogP contribution in [0.5, 0.6) is 0 Å². The number of hydrogen-bond acceptors (Lipinski definition) is 5. The maximum Gasteiger partial charge on any atom is 0.330 e. The minimum atomic E-state index is -2.06. The summed E-state index contributed by atoms with van der Waals surface area (Å²) in [6.45, 7) is 4.61. The summed E-state index contributed by atoms with van der Waals surface area (Å²) in [7, 11) is 3.79. The molecule has 168 valence electrons. The second kappa shape index (κ2) is 17.5. The van der Waals surface area contributed by atoms with Crippen LogP contribution in [0.15, 0.2) is 0 Å². The number of ether oxygens (including phenoxy) is 1. The molecular weight excluding hydrogens is 381 g/mol. The van der Waals surface area contributed by atoms with E-state index in [1.807, 2.05) is 21.1 Å². The van der Waals surface area contributed by atoms with Crippen LogP contribution in [-0.4, -0.2) is 74.1 Å². The van der Waals surface area contributed by atoms with Crippen molar-refractivity contribution in [3.63, 3.8) is 0 Å². The molecule has 1 unspecified atom stereocenters. The molecule has 0 rings (SSSR count). The predicted molar refractivity (Wildman–Crippen MR) is 113 cm³/mol. The molecule has 2 atom stereocenters. The van der Waals surface area contributed by atoms with E-state index in [-0.39, 0.29) is 6.42 Å². The number of carboxylic acid groups (broad SMARTS) is 1. The summed E-state index contributed by atoms with van der Waals surface area (Å²) in [4.78, 5) is 20.8. The van der Waals surface area contributed by atoms with Gasteiger partial charge in [0.2, 0.25) is 0 Å². The Morgan fingerprint density at radius 2 is 1.46 bits per heavy atom. The van der Waals surface area contributed by atoms with Crippen LogP contribution in [0.2, 0.25) is 0 Å². The highest BCUT2D eigenvalue weighted by molar-refractivity contribution is 7.40. The largest absolute Gasteiger partial charge is 0.481 e. The second-order valence-corrected chi connectivity index (χ2v) is 9.25. The molecule has 0 aromatic heterocycles. The standard InChI is InChI=1S/C20H42NO6P/c1-5-6-7-8-9-10-11-14-25-15-12-13-16-26-28(24)27-19(17-20(22)23)18-21(2,3)4/h19,24H,5-18H2,1-4H3/p+1/t19-,28?/m1/s1. The Kier molecular flexibility index (Phi) is 17.4. The van der Waals surface area contributed by atoms with Gasteiger partial charge in [-0.05, 0) is 19.3 Å². The van der Waals surface area contributed by atoms with Crippen LogP contribution < -0.4 is 0 Å². The maximum absolute atomic E-state index is 10.9. The fourth-order valence-corrected chi connectivity index (χ4v) is 3.55. The molecule has 2 N–H and O–H groups in total. The highest BCUT2D eigenvalue weighted by Crippen LogP contribution is 2.35. The van der Waals surface area contributed by atoms with Crippen LogP contribution in [0, 0.1) is 0 Å². The maximum atomic E-state index is 10.9. The van der Waals surface area contributed by atoms with Crippen molar-refractivity contribution in [2.75, 3.05) is 47.5 Å². The van der Waals surface area contributed by atoms with E-state index in [4.69, 9.17) is 18.9 Å². The molecule has 0 spiro atoms. The summed E-state index contributed by atoms with van der Waals surface area (Å²) < 4.78 is 16.9. The van der Waals surface area contributed by atoms with Crippen LogP contribution >= 0.6 is 8.60 Å². The molecule has 0 fully saturated rings. The van der Waals surface area contributed by atoms with Crippen LogP contribution in [0.25, 0.3) is 0 Å². The molecule has 0 saturated carbocycles. The summed E-state index contributed by atoms with van der Waals surface area (Å²) in [6.07, 6.45) is 9.90. The number of rotatable bonds is 20. The average molecular weight is 425 g/mol. The number of aliphatic carboxylic acids is 1. The number of quaternary nitrogens is 1. The number of carboxylic acids is 1. The highest BCUT2D eigenvalue weighted by atomic mass is 31.2. The van der Waals surface area contributed by atoms with Gasteiger partial charge in [-0.3, -0.25) is 4.79 Å². The smallest absolute Gasteiger partial charge is 0.330 e. The van der Waals surface area contributed by atoms with Gasteiger partial charge >= 0.3 is 14.6 Å². The molecule has 0 amide bonds. The van der Waals surface area contributed by atoms with Gasteiger partial charge in [0.15, 0.2) is 0 Å². The van der Waals surface area contributed by atoms with Gasteiger partial charge in [-0.15, -0.1) is 0 Å². The van der Waals surface area contributed by atoms with E-state index in [1.165, 1.54) is 38.5 Å². The summed E-state index contributed by atoms with van der Waals surface area (Å²) in [5, 5.41) is 8.98. The van der Waals surface area contributed by atoms with Gasteiger partial charge in [0.25, 0.3) is 0 Å². The zero-order valence-electron chi connectivity index (χ0n) is 18.4. The average Bonchev–Trinajstić information content (AvgIpc) is 2.56. The van der Waals surface area contributed by atoms with E-state index >= 15 is 0 Å². The molecule has 0 bridgehead atoms. The van der Waals surface area contributed by atoms with Crippen LogP contribution in [-0.2, 0) is 18.6 Å². The van der Waals surface area contributed by atoms with Gasteiger partial charge in [-0.2, -0.15) is 0 Å². The molecule has 0 aromatic rings. The van der Waals surface area contributed by atoms with E-state index < -0.39 is 20.7 Å². The Bertz CT molecular complexity index is 378. The molecule has 0 radical (unpaired) electrons. The first-order chi connectivity index (χ1) is 13.2. The Hall–Kier alpha value is -0.300. The van der Waals surface area contributed by atoms with Crippen molar-refractivity contribution in [3.05, 3.63) is 0 Å². The molecule has 28 heavy (non-hydrogen) atoms. The Labute approximate surface area is 172 Å². The third-order valence-corrected chi connectivity index (χ3v) is 5.05. The van der Waals surface area contributed by atoms with Gasteiger partial charge in [-0.25, -0.2) is 0 Å². The van der Waals surface area contributed by atoms with Crippen molar-refractivity contribution in [2.45, 2.75) is 77.2 Å². The summed E-state index contributed by atoms with van der Waals surface area (Å²) in [5.74, 6) is -0.944. The van der Waals surface area contributed by atoms with Gasteiger partial charge in [0, 0.05) is 13.2 Å². The minimum Gasteiger partial charge on any atom is -0.481 e. The number of likely N-dealkylation sites (N-methyl/N-ethyl adjacent to an activating group) is 1. The van der Waals surface area contributed by atoms with Crippen molar-refractivity contribution in [3.8, 4) is 0 Å². The lowest BCUT2D eigenvalue weighted by molar-refractivity contribution is -0.873. The zero-order valence-corrected chi connectivity index (χ0v) is 19.3. The van der Waals surface area contributed by atoms with Gasteiger partial charge in [0.1, 0.15) is 12.6 Å². The lowest BCUT2D eigenvalue weighted by atomic mass is 10.1. The van der Waals surface area contributed by atoms with Crippen LogP contribution in [0.4, 0.5) is 0 Å². The number of nitrogens with zero attached hydrogens (tertiary/aromatic N) is 1. The van der Waals surface area contributed by atoms with E-state index in [1.54, 1.807) is 0 Å². The normalized spacial score (nSPS) is 14.2. The molecule has 0 aromatic carbocycles. The molecular formula is C20H43NO6P+. The molecule has 0 aliphatic heterocycles. The first kappa shape index (κ1) is 27.7. The molecule has 8 heteroatoms. The molecule has 0 aliphatic rings. The molecule has 0 saturated heterocycles. The SMILES string of the molecule is CCCCCCCCCOCCCCOP(O)O[C@H](CC(=O)O)C[N+](C)(C)C. The Morgan fingerprint density at radius 3 is 2.04 bits per heavy atom. The fraction of sp³-hybridized carbons (Fsp3) is 0.950. The number of hydrogen-bond donors (Lipinski definition) is 2. The molecule has 7 nitrogen and oxygen atoms in total. The summed E-state index contributed by atoms with van der Waals surface area (Å²) >= 11 is 0. The van der Waals surface area contributed by atoms with Gasteiger partial charge < -0.3 is 28.3 Å². The topological polar surface area (TPSA) is 85.2 Å². The van der Waals surface area contributed by atoms with Crippen molar-refractivity contribution in [1.29, 1.82) is 0 Å².